The number of benzene rings is 2. The molecule has 0 unspecified atom stereocenters. The molecule has 0 spiro atoms. The SMILES string of the molecule is C=CC1CCC(c2ccc(C(F)(F)OCCc3ccc(C4CCC(CC)CC4)cc3)cc2)CC1. The maximum atomic E-state index is 14.7. The Labute approximate surface area is 204 Å². The fraction of sp³-hybridized carbons (Fsp3) is 0.548. The fourth-order valence-electron chi connectivity index (χ4n) is 5.88. The van der Waals surface area contributed by atoms with Crippen molar-refractivity contribution in [2.45, 2.75) is 89.1 Å². The van der Waals surface area contributed by atoms with E-state index in [1.165, 1.54) is 49.8 Å². The van der Waals surface area contributed by atoms with Gasteiger partial charge in [-0.25, -0.2) is 0 Å². The van der Waals surface area contributed by atoms with Crippen molar-refractivity contribution in [2.24, 2.45) is 11.8 Å². The summed E-state index contributed by atoms with van der Waals surface area (Å²) in [6, 6.07) is 15.3. The molecule has 2 aromatic rings. The number of alkyl halides is 2. The minimum Gasteiger partial charge on any atom is -0.316 e. The van der Waals surface area contributed by atoms with Gasteiger partial charge in [0.05, 0.1) is 12.2 Å². The van der Waals surface area contributed by atoms with Crippen molar-refractivity contribution >= 4 is 0 Å². The maximum absolute atomic E-state index is 14.7. The molecule has 2 aliphatic rings. The van der Waals surface area contributed by atoms with Gasteiger partial charge in [-0.05, 0) is 98.1 Å². The third-order valence-electron chi connectivity index (χ3n) is 8.37. The Morgan fingerprint density at radius 3 is 1.88 bits per heavy atom. The van der Waals surface area contributed by atoms with Crippen molar-refractivity contribution in [3.63, 3.8) is 0 Å². The zero-order chi connectivity index (χ0) is 24.0. The standard InChI is InChI=1S/C31H40F2O/c1-3-23-5-11-26(12-6-23)28-15-9-25(10-16-28)21-22-34-31(32,33)30-19-17-29(18-20-30)27-13-7-24(4-2)8-14-27/h4,9-10,15-20,23-24,26-27H,2-3,5-8,11-14,21-22H2,1H3. The Bertz CT molecular complexity index is 886. The van der Waals surface area contributed by atoms with E-state index < -0.39 is 6.11 Å². The van der Waals surface area contributed by atoms with Gasteiger partial charge < -0.3 is 4.74 Å². The van der Waals surface area contributed by atoms with Crippen LogP contribution in [0.5, 0.6) is 0 Å². The normalized spacial score (nSPS) is 25.7. The predicted molar refractivity (Wildman–Crippen MR) is 136 cm³/mol. The summed E-state index contributed by atoms with van der Waals surface area (Å²) in [7, 11) is 0. The average Bonchev–Trinajstić information content (AvgIpc) is 2.89. The molecule has 3 heteroatoms. The van der Waals surface area contributed by atoms with E-state index in [4.69, 9.17) is 4.74 Å². The van der Waals surface area contributed by atoms with Crippen LogP contribution >= 0.6 is 0 Å². The van der Waals surface area contributed by atoms with Crippen LogP contribution in [0.15, 0.2) is 61.2 Å². The van der Waals surface area contributed by atoms with Crippen LogP contribution in [0.1, 0.15) is 98.8 Å². The summed E-state index contributed by atoms with van der Waals surface area (Å²) in [5, 5.41) is 0. The van der Waals surface area contributed by atoms with Gasteiger partial charge in [0.2, 0.25) is 0 Å². The third kappa shape index (κ3) is 6.36. The molecule has 0 aromatic heterocycles. The third-order valence-corrected chi connectivity index (χ3v) is 8.37. The topological polar surface area (TPSA) is 9.23 Å². The minimum absolute atomic E-state index is 0.00126. The second-order valence-corrected chi connectivity index (χ2v) is 10.5. The molecule has 0 saturated heterocycles. The van der Waals surface area contributed by atoms with E-state index in [0.29, 0.717) is 24.2 Å². The van der Waals surface area contributed by atoms with E-state index >= 15 is 0 Å². The van der Waals surface area contributed by atoms with Crippen molar-refractivity contribution in [2.75, 3.05) is 6.61 Å². The smallest absolute Gasteiger partial charge is 0.316 e. The Morgan fingerprint density at radius 2 is 1.35 bits per heavy atom. The Morgan fingerprint density at radius 1 is 0.824 bits per heavy atom. The van der Waals surface area contributed by atoms with E-state index in [1.54, 1.807) is 0 Å². The second kappa shape index (κ2) is 11.6. The van der Waals surface area contributed by atoms with Crippen molar-refractivity contribution in [1.82, 2.24) is 0 Å². The van der Waals surface area contributed by atoms with E-state index in [-0.39, 0.29) is 12.2 Å². The van der Waals surface area contributed by atoms with Crippen molar-refractivity contribution in [1.29, 1.82) is 0 Å². The van der Waals surface area contributed by atoms with E-state index in [9.17, 15) is 8.78 Å². The van der Waals surface area contributed by atoms with Gasteiger partial charge in [0.25, 0.3) is 0 Å². The molecule has 2 aliphatic carbocycles. The summed E-state index contributed by atoms with van der Waals surface area (Å²) in [5.41, 5.74) is 3.54. The number of ether oxygens (including phenoxy) is 1. The highest BCUT2D eigenvalue weighted by atomic mass is 19.3. The average molecular weight is 467 g/mol. The molecule has 0 atom stereocenters. The minimum atomic E-state index is -3.27. The van der Waals surface area contributed by atoms with Gasteiger partial charge in [-0.15, -0.1) is 6.58 Å². The van der Waals surface area contributed by atoms with Crippen LogP contribution in [-0.2, 0) is 17.3 Å². The molecular weight excluding hydrogens is 426 g/mol. The highest BCUT2D eigenvalue weighted by Crippen LogP contribution is 2.38. The molecule has 2 saturated carbocycles. The first kappa shape index (κ1) is 25.1. The van der Waals surface area contributed by atoms with Crippen LogP contribution < -0.4 is 0 Å². The van der Waals surface area contributed by atoms with E-state index in [1.807, 2.05) is 18.2 Å². The number of hydrogen-bond donors (Lipinski definition) is 0. The molecule has 184 valence electrons. The lowest BCUT2D eigenvalue weighted by Crippen LogP contribution is -2.20. The first-order valence-electron chi connectivity index (χ1n) is 13.3. The summed E-state index contributed by atoms with van der Waals surface area (Å²) >= 11 is 0. The van der Waals surface area contributed by atoms with E-state index in [0.717, 1.165) is 42.7 Å². The Kier molecular flexibility index (Phi) is 8.58. The van der Waals surface area contributed by atoms with Crippen LogP contribution in [0.25, 0.3) is 0 Å². The fourth-order valence-corrected chi connectivity index (χ4v) is 5.88. The second-order valence-electron chi connectivity index (χ2n) is 10.5. The number of halogens is 2. The molecule has 0 N–H and O–H groups in total. The Hall–Kier alpha value is -2.00. The molecule has 2 fully saturated rings. The lowest BCUT2D eigenvalue weighted by atomic mass is 9.78. The molecular formula is C31H40F2O. The lowest BCUT2D eigenvalue weighted by molar-refractivity contribution is -0.248. The molecule has 0 heterocycles. The number of allylic oxidation sites excluding steroid dienone is 1. The maximum Gasteiger partial charge on any atom is 0.383 e. The van der Waals surface area contributed by atoms with Gasteiger partial charge in [-0.1, -0.05) is 68.0 Å². The largest absolute Gasteiger partial charge is 0.383 e. The summed E-state index contributed by atoms with van der Waals surface area (Å²) in [6.45, 7) is 6.18. The lowest BCUT2D eigenvalue weighted by Gasteiger charge is -2.28. The quantitative estimate of drug-likeness (QED) is 0.335. The van der Waals surface area contributed by atoms with Crippen LogP contribution in [0.3, 0.4) is 0 Å². The molecule has 0 amide bonds. The molecule has 0 radical (unpaired) electrons. The molecule has 34 heavy (non-hydrogen) atoms. The Balaban J connectivity index is 1.25. The summed E-state index contributed by atoms with van der Waals surface area (Å²) < 4.78 is 34.4. The number of rotatable bonds is 9. The van der Waals surface area contributed by atoms with Gasteiger partial charge in [0, 0.05) is 0 Å². The summed E-state index contributed by atoms with van der Waals surface area (Å²) in [5.74, 6) is 2.61. The van der Waals surface area contributed by atoms with Crippen LogP contribution in [-0.4, -0.2) is 6.61 Å². The molecule has 0 aliphatic heterocycles. The van der Waals surface area contributed by atoms with Crippen molar-refractivity contribution in [3.05, 3.63) is 83.4 Å². The summed E-state index contributed by atoms with van der Waals surface area (Å²) in [4.78, 5) is 0. The molecule has 4 rings (SSSR count). The molecule has 1 nitrogen and oxygen atoms in total. The molecule has 0 bridgehead atoms. The zero-order valence-corrected chi connectivity index (χ0v) is 20.7. The summed E-state index contributed by atoms with van der Waals surface area (Å²) in [6.07, 6.45) is 10.2. The van der Waals surface area contributed by atoms with Crippen LogP contribution in [0, 0.1) is 11.8 Å². The first-order valence-corrected chi connectivity index (χ1v) is 13.3. The molecule has 2 aromatic carbocycles. The van der Waals surface area contributed by atoms with Crippen molar-refractivity contribution < 1.29 is 13.5 Å². The first-order chi connectivity index (χ1) is 16.5. The highest BCUT2D eigenvalue weighted by molar-refractivity contribution is 5.28. The monoisotopic (exact) mass is 466 g/mol. The van der Waals surface area contributed by atoms with Gasteiger partial charge >= 0.3 is 6.11 Å². The van der Waals surface area contributed by atoms with Gasteiger partial charge in [-0.3, -0.25) is 0 Å². The van der Waals surface area contributed by atoms with Crippen LogP contribution in [0.4, 0.5) is 8.78 Å². The van der Waals surface area contributed by atoms with Gasteiger partial charge in [-0.2, -0.15) is 8.78 Å². The van der Waals surface area contributed by atoms with Crippen LogP contribution in [0.2, 0.25) is 0 Å². The van der Waals surface area contributed by atoms with Gasteiger partial charge in [0.1, 0.15) is 0 Å². The van der Waals surface area contributed by atoms with Gasteiger partial charge in [0.15, 0.2) is 0 Å². The highest BCUT2D eigenvalue weighted by Gasteiger charge is 2.33. The predicted octanol–water partition coefficient (Wildman–Crippen LogP) is 9.14. The zero-order valence-electron chi connectivity index (χ0n) is 20.7. The van der Waals surface area contributed by atoms with Crippen molar-refractivity contribution in [3.8, 4) is 0 Å². The van der Waals surface area contributed by atoms with E-state index in [2.05, 4.69) is 37.8 Å². The number of hydrogen-bond acceptors (Lipinski definition) is 1.